The van der Waals surface area contributed by atoms with Gasteiger partial charge in [0.05, 0.1) is 46.5 Å². The van der Waals surface area contributed by atoms with E-state index in [4.69, 9.17) is 42.7 Å². The number of nitrogens with one attached hydrogen (secondary N) is 4. The summed E-state index contributed by atoms with van der Waals surface area (Å²) < 4.78 is 22.6. The maximum Gasteiger partial charge on any atom is 0.434 e. The van der Waals surface area contributed by atoms with E-state index in [-0.39, 0.29) is 70.1 Å². The van der Waals surface area contributed by atoms with Gasteiger partial charge in [0.15, 0.2) is 0 Å². The van der Waals surface area contributed by atoms with Crippen LogP contribution in [0.5, 0.6) is 0 Å². The van der Waals surface area contributed by atoms with Crippen LogP contribution in [0.2, 0.25) is 0 Å². The van der Waals surface area contributed by atoms with E-state index in [0.717, 1.165) is 59.2 Å². The smallest absolute Gasteiger partial charge is 0.402 e. The number of carbonyl (C=O) groups excluding carboxylic acids is 1. The Hall–Kier alpha value is -10.2. The fraction of sp³-hybridized carbons (Fsp3) is 0.541. The van der Waals surface area contributed by atoms with Gasteiger partial charge in [0.2, 0.25) is 0 Å². The van der Waals surface area contributed by atoms with Crippen LogP contribution in [0.1, 0.15) is 303 Å². The molecule has 21 rings (SSSR count). The van der Waals surface area contributed by atoms with Gasteiger partial charge in [-0.2, -0.15) is 0 Å². The maximum atomic E-state index is 11.3. The molecule has 4 aromatic carbocycles. The summed E-state index contributed by atoms with van der Waals surface area (Å²) in [6.07, 6.45) is 17.6. The van der Waals surface area contributed by atoms with Crippen LogP contribution < -0.4 is 21.7 Å². The number of aliphatic hydroxyl groups is 4. The number of nitrogens with zero attached hydrogens (tertiary/aromatic N) is 11. The zero-order valence-corrected chi connectivity index (χ0v) is 74.8. The zero-order chi connectivity index (χ0) is 87.2. The van der Waals surface area contributed by atoms with Crippen LogP contribution in [0.3, 0.4) is 0 Å². The number of benzene rings is 4. The van der Waals surface area contributed by atoms with E-state index < -0.39 is 5.76 Å². The summed E-state index contributed by atoms with van der Waals surface area (Å²) in [5.41, 5.74) is 22.1. The molecule has 25 nitrogen and oxygen atoms in total. The highest BCUT2D eigenvalue weighted by Crippen LogP contribution is 2.49. The number of aliphatic hydroxyl groups excluding tert-OH is 4. The lowest BCUT2D eigenvalue weighted by Gasteiger charge is -2.31. The largest absolute Gasteiger partial charge is 0.434 e. The molecule has 123 heavy (non-hydrogen) atoms. The molecule has 12 aromatic rings. The number of ketones is 1. The predicted octanol–water partition coefficient (Wildman–Crippen LogP) is 19.9. The molecular weight excluding hydrogens is 1550 g/mol. The Morgan fingerprint density at radius 2 is 0.602 bits per heavy atom. The summed E-state index contributed by atoms with van der Waals surface area (Å²) in [4.78, 5) is 41.1. The number of H-pyrrole nitrogens is 1. The molecule has 0 bridgehead atoms. The molecule has 8 aromatic heterocycles. The number of aromatic amines is 1. The lowest BCUT2D eigenvalue weighted by atomic mass is 9.83. The average molecular weight is 1670 g/mol. The molecule has 8 N–H and O–H groups in total. The topological polar surface area (TPSA) is 361 Å². The molecule has 9 aliphatic carbocycles. The van der Waals surface area contributed by atoms with Crippen LogP contribution >= 0.6 is 0 Å². The van der Waals surface area contributed by atoms with Crippen molar-refractivity contribution in [3.8, 4) is 46.3 Å². The first kappa shape index (κ1) is 86.3. The molecular formula is C98H123N15O10. The average Bonchev–Trinajstić information content (AvgIpc) is 1.72. The summed E-state index contributed by atoms with van der Waals surface area (Å²) in [5.74, 6) is 5.65. The van der Waals surface area contributed by atoms with Gasteiger partial charge < -0.3 is 54.0 Å². The summed E-state index contributed by atoms with van der Waals surface area (Å²) in [7, 11) is 0. The molecule has 0 saturated heterocycles. The van der Waals surface area contributed by atoms with Crippen LogP contribution in [-0.4, -0.2) is 129 Å². The van der Waals surface area contributed by atoms with E-state index in [1.54, 1.807) is 0 Å². The molecule has 9 aliphatic rings. The van der Waals surface area contributed by atoms with Crippen molar-refractivity contribution in [2.24, 2.45) is 11.8 Å². The summed E-state index contributed by atoms with van der Waals surface area (Å²) >= 11 is 0. The number of aromatic nitrogens is 12. The molecule has 0 atom stereocenters. The number of hydrogen-bond acceptors (Lipinski definition) is 24. The molecule has 0 aliphatic heterocycles. The van der Waals surface area contributed by atoms with Crippen molar-refractivity contribution in [1.82, 2.24) is 60.7 Å². The fourth-order valence-electron chi connectivity index (χ4n) is 17.1. The van der Waals surface area contributed by atoms with Crippen molar-refractivity contribution in [1.29, 1.82) is 0 Å². The quantitative estimate of drug-likeness (QED) is 0.0501. The van der Waals surface area contributed by atoms with Gasteiger partial charge in [-0.05, 0) is 303 Å². The normalized spacial score (nSPS) is 21.9. The van der Waals surface area contributed by atoms with Crippen molar-refractivity contribution in [2.45, 2.75) is 328 Å². The second-order valence-electron chi connectivity index (χ2n) is 41.1. The Bertz CT molecular complexity index is 5520. The molecule has 25 heteroatoms. The van der Waals surface area contributed by atoms with E-state index in [0.29, 0.717) is 132 Å². The summed E-state index contributed by atoms with van der Waals surface area (Å²) in [6.45, 7) is 39.5. The minimum atomic E-state index is -0.565. The molecule has 0 spiro atoms. The third-order valence-corrected chi connectivity index (χ3v) is 25.4. The molecule has 9 fully saturated rings. The summed E-state index contributed by atoms with van der Waals surface area (Å²) in [6, 6.07) is 28.3. The molecule has 0 unspecified atom stereocenters. The van der Waals surface area contributed by atoms with Crippen LogP contribution in [0.15, 0.2) is 95.3 Å². The highest BCUT2D eigenvalue weighted by molar-refractivity contribution is 5.92. The van der Waals surface area contributed by atoms with Gasteiger partial charge in [-0.25, -0.2) is 29.8 Å². The number of carbonyl (C=O) groups is 1. The Morgan fingerprint density at radius 1 is 0.341 bits per heavy atom. The SMILES string of the molecule is CC1CC(=O)C1.CC1CC(O)C1.Cc1cc(-c2n[nH]c(=O)o2)nc2c(C(C)(C)C)cc(C3CC3)cc12.Cc1cc(-c2nnc(NC3CC(O)C3)o2)nc2c(C(C)(C)C)cc(C3CC3)cc12.Cc1cc(-c2nnc(NC3CC(O)C3)o2)nc2c(C(C)(C)C)cc(C3CC3)cc12.Cc1cc(-c2nnc(NC3CC(O)C3)o2)nc2c(C(C)(C)C)cc(C3CC3)cc12. The minimum absolute atomic E-state index is 0.00612. The second-order valence-corrected chi connectivity index (χ2v) is 41.1. The standard InChI is InChI=1S/3C23H28N4O2.C19H21N3O2.C5H10O.C5H8O/c3*1-12-7-19(21-26-27-22(29-21)24-15-10-16(28)11-15)25-20-17(12)8-14(13-5-6-13)9-18(20)23(2,3)4;1-10-7-15(17-21-22-18(23)24-17)20-16-13(10)8-12(11-5-6-11)9-14(16)19(2,3)4;2*1-4-2-5(6)3-4/h3*7-9,13,15-16,28H,5-6,10-11H2,1-4H3,(H,24,27);7-9,11H,5-6H2,1-4H3,(H,22,23);4-6H,2-3H2,1H3;4H,2-3H2,1H3. The number of fused-ring (bicyclic) bond motifs is 4. The van der Waals surface area contributed by atoms with E-state index in [1.165, 1.54) is 134 Å². The Labute approximate surface area is 719 Å². The van der Waals surface area contributed by atoms with Crippen molar-refractivity contribution in [3.05, 3.63) is 150 Å². The van der Waals surface area contributed by atoms with Gasteiger partial charge in [0.1, 0.15) is 28.6 Å². The van der Waals surface area contributed by atoms with Gasteiger partial charge in [-0.15, -0.1) is 20.4 Å². The van der Waals surface area contributed by atoms with Crippen molar-refractivity contribution < 1.29 is 42.9 Å². The van der Waals surface area contributed by atoms with E-state index in [9.17, 15) is 24.9 Å². The first-order chi connectivity index (χ1) is 58.2. The molecule has 0 amide bonds. The van der Waals surface area contributed by atoms with Gasteiger partial charge in [0, 0.05) is 52.5 Å². The van der Waals surface area contributed by atoms with Crippen molar-refractivity contribution in [3.63, 3.8) is 0 Å². The summed E-state index contributed by atoms with van der Waals surface area (Å²) in [5, 5.41) is 82.5. The van der Waals surface area contributed by atoms with Crippen LogP contribution in [0.4, 0.5) is 18.0 Å². The molecule has 650 valence electrons. The molecule has 9 saturated carbocycles. The maximum absolute atomic E-state index is 11.3. The molecule has 0 radical (unpaired) electrons. The van der Waals surface area contributed by atoms with E-state index in [1.807, 2.05) is 24.3 Å². The van der Waals surface area contributed by atoms with Crippen molar-refractivity contribution >= 4 is 67.4 Å². The van der Waals surface area contributed by atoms with Crippen molar-refractivity contribution in [2.75, 3.05) is 16.0 Å². The highest BCUT2D eigenvalue weighted by Gasteiger charge is 2.37. The number of pyridine rings is 4. The van der Waals surface area contributed by atoms with Gasteiger partial charge >= 0.3 is 23.8 Å². The Morgan fingerprint density at radius 3 is 0.789 bits per heavy atom. The van der Waals surface area contributed by atoms with E-state index >= 15 is 0 Å². The van der Waals surface area contributed by atoms with Gasteiger partial charge in [-0.3, -0.25) is 4.79 Å². The highest BCUT2D eigenvalue weighted by atomic mass is 16.4. The Balaban J connectivity index is 0.000000116. The first-order valence-electron chi connectivity index (χ1n) is 44.7. The monoisotopic (exact) mass is 1670 g/mol. The van der Waals surface area contributed by atoms with E-state index in [2.05, 4.69) is 230 Å². The number of rotatable bonds is 14. The number of hydrogen-bond donors (Lipinski definition) is 8. The fourth-order valence-corrected chi connectivity index (χ4v) is 17.1. The Kier molecular flexibility index (Phi) is 23.9. The van der Waals surface area contributed by atoms with Crippen LogP contribution in [0, 0.1) is 39.5 Å². The minimum Gasteiger partial charge on any atom is -0.402 e. The zero-order valence-electron chi connectivity index (χ0n) is 74.8. The lowest BCUT2D eigenvalue weighted by Crippen LogP contribution is -2.39. The van der Waals surface area contributed by atoms with Crippen LogP contribution in [0.25, 0.3) is 90.0 Å². The predicted molar refractivity (Wildman–Crippen MR) is 480 cm³/mol. The number of aryl methyl sites for hydroxylation is 4. The third kappa shape index (κ3) is 20.3. The van der Waals surface area contributed by atoms with Gasteiger partial charge in [0.25, 0.3) is 23.6 Å². The lowest BCUT2D eigenvalue weighted by molar-refractivity contribution is -0.126. The van der Waals surface area contributed by atoms with Gasteiger partial charge in [-0.1, -0.05) is 136 Å². The number of Topliss-reactive ketones (excluding diaryl/α,β-unsaturated/α-hetero) is 1. The molecule has 8 heterocycles. The third-order valence-electron chi connectivity index (χ3n) is 25.4. The van der Waals surface area contributed by atoms with Crippen LogP contribution in [-0.2, 0) is 26.5 Å². The first-order valence-corrected chi connectivity index (χ1v) is 44.7. The number of anilines is 3. The second kappa shape index (κ2) is 34.0.